The molecule has 0 saturated carbocycles. The lowest BCUT2D eigenvalue weighted by molar-refractivity contribution is -0.385. The second-order valence-electron chi connectivity index (χ2n) is 3.55. The first kappa shape index (κ1) is 13.3. The van der Waals surface area contributed by atoms with Crippen molar-refractivity contribution in [3.63, 3.8) is 0 Å². The maximum atomic E-state index is 13.3. The third-order valence-corrected chi connectivity index (χ3v) is 3.16. The monoisotopic (exact) mass is 338 g/mol. The quantitative estimate of drug-likeness (QED) is 0.521. The Morgan fingerprint density at radius 1 is 1.62 bits per heavy atom. The molecule has 0 aliphatic rings. The van der Waals surface area contributed by atoms with Crippen molar-refractivity contribution in [3.8, 4) is 0 Å². The molecule has 88 valence electrons. The van der Waals surface area contributed by atoms with Crippen molar-refractivity contribution in [3.05, 3.63) is 37.2 Å². The van der Waals surface area contributed by atoms with Crippen LogP contribution in [-0.2, 0) is 6.42 Å². The Balaban J connectivity index is 3.14. The van der Waals surface area contributed by atoms with Crippen LogP contribution >= 0.6 is 22.6 Å². The zero-order valence-corrected chi connectivity index (χ0v) is 11.1. The number of likely N-dealkylation sites (N-methyl/N-ethyl adjacent to an activating group) is 1. The molecule has 0 saturated heterocycles. The third-order valence-electron chi connectivity index (χ3n) is 2.34. The Hall–Kier alpha value is -0.760. The lowest BCUT2D eigenvalue weighted by Gasteiger charge is -2.10. The molecule has 1 N–H and O–H groups in total. The minimum atomic E-state index is -0.473. The van der Waals surface area contributed by atoms with Gasteiger partial charge in [-0.25, -0.2) is 4.39 Å². The zero-order valence-electron chi connectivity index (χ0n) is 8.96. The molecule has 1 aromatic rings. The third kappa shape index (κ3) is 3.11. The van der Waals surface area contributed by atoms with Crippen molar-refractivity contribution >= 4 is 28.3 Å². The van der Waals surface area contributed by atoms with Crippen LogP contribution in [-0.4, -0.2) is 18.0 Å². The van der Waals surface area contributed by atoms with E-state index in [0.29, 0.717) is 12.0 Å². The molecule has 1 aromatic carbocycles. The molecular formula is C10H12FIN2O2. The molecule has 6 heteroatoms. The van der Waals surface area contributed by atoms with E-state index < -0.39 is 10.7 Å². The number of nitro groups is 1. The van der Waals surface area contributed by atoms with Crippen molar-refractivity contribution < 1.29 is 9.31 Å². The SMILES string of the molecule is CNC(C)Cc1cc(F)c(I)cc1[N+](=O)[O-]. The van der Waals surface area contributed by atoms with E-state index in [0.717, 1.165) is 0 Å². The van der Waals surface area contributed by atoms with Crippen LogP contribution in [0.25, 0.3) is 0 Å². The van der Waals surface area contributed by atoms with Gasteiger partial charge >= 0.3 is 0 Å². The number of hydrogen-bond acceptors (Lipinski definition) is 3. The summed E-state index contributed by atoms with van der Waals surface area (Å²) >= 11 is 1.75. The summed E-state index contributed by atoms with van der Waals surface area (Å²) in [7, 11) is 1.76. The highest BCUT2D eigenvalue weighted by Crippen LogP contribution is 2.25. The minimum Gasteiger partial charge on any atom is -0.317 e. The van der Waals surface area contributed by atoms with Gasteiger partial charge in [-0.2, -0.15) is 0 Å². The van der Waals surface area contributed by atoms with E-state index in [2.05, 4.69) is 5.32 Å². The molecule has 4 nitrogen and oxygen atoms in total. The highest BCUT2D eigenvalue weighted by atomic mass is 127. The van der Waals surface area contributed by atoms with Crippen molar-refractivity contribution in [2.75, 3.05) is 7.05 Å². The molecule has 0 radical (unpaired) electrons. The normalized spacial score (nSPS) is 12.5. The topological polar surface area (TPSA) is 55.2 Å². The van der Waals surface area contributed by atoms with Gasteiger partial charge in [-0.15, -0.1) is 0 Å². The predicted molar refractivity (Wildman–Crippen MR) is 68.0 cm³/mol. The van der Waals surface area contributed by atoms with Crippen LogP contribution in [0.4, 0.5) is 10.1 Å². The molecule has 0 aliphatic carbocycles. The second kappa shape index (κ2) is 5.53. The van der Waals surface area contributed by atoms with Crippen LogP contribution < -0.4 is 5.32 Å². The van der Waals surface area contributed by atoms with Gasteiger partial charge in [0.25, 0.3) is 5.69 Å². The molecule has 0 aliphatic heterocycles. The van der Waals surface area contributed by atoms with E-state index >= 15 is 0 Å². The molecule has 0 amide bonds. The summed E-state index contributed by atoms with van der Waals surface area (Å²) in [5.41, 5.74) is 0.401. The van der Waals surface area contributed by atoms with Crippen LogP contribution in [0.15, 0.2) is 12.1 Å². The average molecular weight is 338 g/mol. The summed E-state index contributed by atoms with van der Waals surface area (Å²) in [6, 6.07) is 2.58. The summed E-state index contributed by atoms with van der Waals surface area (Å²) in [6.07, 6.45) is 0.431. The number of nitrogens with one attached hydrogen (secondary N) is 1. The molecule has 0 fully saturated rings. The van der Waals surface area contributed by atoms with Crippen LogP contribution in [0.1, 0.15) is 12.5 Å². The Bertz CT molecular complexity index is 412. The summed E-state index contributed by atoms with van der Waals surface area (Å²) < 4.78 is 13.6. The Morgan fingerprint density at radius 2 is 2.25 bits per heavy atom. The van der Waals surface area contributed by atoms with Crippen LogP contribution in [0.3, 0.4) is 0 Å². The van der Waals surface area contributed by atoms with Gasteiger partial charge in [0.1, 0.15) is 5.82 Å². The fourth-order valence-electron chi connectivity index (χ4n) is 1.34. The van der Waals surface area contributed by atoms with Crippen molar-refractivity contribution in [2.24, 2.45) is 0 Å². The number of rotatable bonds is 4. The first-order chi connectivity index (χ1) is 7.45. The lowest BCUT2D eigenvalue weighted by atomic mass is 10.1. The molecule has 0 bridgehead atoms. The number of halogens is 2. The number of nitro benzene ring substituents is 1. The van der Waals surface area contributed by atoms with E-state index in [1.165, 1.54) is 12.1 Å². The van der Waals surface area contributed by atoms with Gasteiger partial charge in [-0.3, -0.25) is 10.1 Å². The average Bonchev–Trinajstić information content (AvgIpc) is 2.22. The Labute approximate surface area is 107 Å². The molecular weight excluding hydrogens is 326 g/mol. The van der Waals surface area contributed by atoms with Gasteiger partial charge in [0.2, 0.25) is 0 Å². The first-order valence-corrected chi connectivity index (χ1v) is 5.83. The van der Waals surface area contributed by atoms with Crippen LogP contribution in [0.5, 0.6) is 0 Å². The van der Waals surface area contributed by atoms with Gasteiger partial charge in [-0.1, -0.05) is 0 Å². The zero-order chi connectivity index (χ0) is 12.3. The Morgan fingerprint density at radius 3 is 2.75 bits per heavy atom. The predicted octanol–water partition coefficient (Wildman–Crippen LogP) is 2.49. The van der Waals surface area contributed by atoms with Gasteiger partial charge in [-0.05, 0) is 49.0 Å². The molecule has 1 rings (SSSR count). The standard InChI is InChI=1S/C10H12FIN2O2/c1-6(13-2)3-7-4-8(11)9(12)5-10(7)14(15)16/h4-6,13H,3H2,1-2H3. The van der Waals surface area contributed by atoms with E-state index in [-0.39, 0.29) is 15.3 Å². The summed E-state index contributed by atoms with van der Waals surface area (Å²) in [6.45, 7) is 1.89. The maximum absolute atomic E-state index is 13.3. The lowest BCUT2D eigenvalue weighted by Crippen LogP contribution is -2.24. The largest absolute Gasteiger partial charge is 0.317 e. The highest BCUT2D eigenvalue weighted by molar-refractivity contribution is 14.1. The van der Waals surface area contributed by atoms with Gasteiger partial charge in [0.15, 0.2) is 0 Å². The van der Waals surface area contributed by atoms with Crippen molar-refractivity contribution in [1.29, 1.82) is 0 Å². The van der Waals surface area contributed by atoms with Crippen molar-refractivity contribution in [2.45, 2.75) is 19.4 Å². The second-order valence-corrected chi connectivity index (χ2v) is 4.71. The van der Waals surface area contributed by atoms with Gasteiger partial charge < -0.3 is 5.32 Å². The number of benzene rings is 1. The van der Waals surface area contributed by atoms with Crippen LogP contribution in [0, 0.1) is 19.5 Å². The minimum absolute atomic E-state index is 0.0205. The van der Waals surface area contributed by atoms with Crippen molar-refractivity contribution in [1.82, 2.24) is 5.32 Å². The highest BCUT2D eigenvalue weighted by Gasteiger charge is 2.18. The molecule has 0 heterocycles. The van der Waals surface area contributed by atoms with Crippen LogP contribution in [0.2, 0.25) is 0 Å². The molecule has 0 aromatic heterocycles. The first-order valence-electron chi connectivity index (χ1n) is 4.75. The maximum Gasteiger partial charge on any atom is 0.273 e. The summed E-state index contributed by atoms with van der Waals surface area (Å²) in [4.78, 5) is 10.3. The van der Waals surface area contributed by atoms with E-state index in [1.807, 2.05) is 6.92 Å². The molecule has 1 atom stereocenters. The van der Waals surface area contributed by atoms with E-state index in [9.17, 15) is 14.5 Å². The number of nitrogens with zero attached hydrogens (tertiary/aromatic N) is 1. The fourth-order valence-corrected chi connectivity index (χ4v) is 1.79. The molecule has 0 spiro atoms. The Kier molecular flexibility index (Phi) is 4.60. The fraction of sp³-hybridized carbons (Fsp3) is 0.400. The molecule has 1 unspecified atom stereocenters. The summed E-state index contributed by atoms with van der Waals surface area (Å²) in [5, 5.41) is 13.8. The molecule has 16 heavy (non-hydrogen) atoms. The van der Waals surface area contributed by atoms with Gasteiger partial charge in [0.05, 0.1) is 8.49 Å². The number of hydrogen-bond donors (Lipinski definition) is 1. The van der Waals surface area contributed by atoms with Gasteiger partial charge in [0, 0.05) is 17.7 Å². The summed E-state index contributed by atoms with van der Waals surface area (Å²) in [5.74, 6) is -0.412. The van der Waals surface area contributed by atoms with E-state index in [4.69, 9.17) is 0 Å². The smallest absolute Gasteiger partial charge is 0.273 e. The van der Waals surface area contributed by atoms with E-state index in [1.54, 1.807) is 29.6 Å².